The van der Waals surface area contributed by atoms with E-state index < -0.39 is 11.9 Å². The summed E-state index contributed by atoms with van der Waals surface area (Å²) in [7, 11) is 0. The number of amides is 1. The highest BCUT2D eigenvalue weighted by molar-refractivity contribution is 6.30. The molecule has 2 aromatic carbocycles. The minimum absolute atomic E-state index is 0.0327. The number of benzene rings is 2. The second kappa shape index (κ2) is 8.72. The Kier molecular flexibility index (Phi) is 6.10. The van der Waals surface area contributed by atoms with Gasteiger partial charge in [0.15, 0.2) is 0 Å². The molecule has 2 aromatic rings. The zero-order valence-electron chi connectivity index (χ0n) is 15.7. The van der Waals surface area contributed by atoms with Crippen molar-refractivity contribution in [2.45, 2.75) is 19.8 Å². The van der Waals surface area contributed by atoms with Crippen LogP contribution in [0.1, 0.15) is 30.9 Å². The van der Waals surface area contributed by atoms with E-state index >= 15 is 0 Å². The Balaban J connectivity index is 1.87. The summed E-state index contributed by atoms with van der Waals surface area (Å²) >= 11 is 5.91. The first-order valence-electron chi connectivity index (χ1n) is 9.04. The van der Waals surface area contributed by atoms with E-state index in [9.17, 15) is 14.7 Å². The zero-order valence-corrected chi connectivity index (χ0v) is 16.4. The van der Waals surface area contributed by atoms with Gasteiger partial charge in [-0.25, -0.2) is 9.80 Å². The second-order valence-corrected chi connectivity index (χ2v) is 6.97. The van der Waals surface area contributed by atoms with Crippen LogP contribution in [0.3, 0.4) is 0 Å². The number of hydrazone groups is 1. The number of aliphatic carboxylic acids is 1. The minimum Gasteiger partial charge on any atom is -0.478 e. The van der Waals surface area contributed by atoms with Crippen LogP contribution in [0.5, 0.6) is 0 Å². The van der Waals surface area contributed by atoms with Crippen molar-refractivity contribution in [1.29, 1.82) is 5.26 Å². The first-order valence-corrected chi connectivity index (χ1v) is 9.41. The molecule has 0 saturated heterocycles. The van der Waals surface area contributed by atoms with Gasteiger partial charge in [-0.1, -0.05) is 30.7 Å². The van der Waals surface area contributed by atoms with E-state index in [2.05, 4.69) is 5.10 Å². The van der Waals surface area contributed by atoms with Crippen LogP contribution in [-0.4, -0.2) is 22.7 Å². The molecule has 0 spiro atoms. The van der Waals surface area contributed by atoms with Crippen molar-refractivity contribution < 1.29 is 14.7 Å². The van der Waals surface area contributed by atoms with E-state index in [1.165, 1.54) is 11.1 Å². The Morgan fingerprint density at radius 3 is 2.45 bits per heavy atom. The Bertz CT molecular complexity index is 1030. The Labute approximate surface area is 173 Å². The van der Waals surface area contributed by atoms with Crippen molar-refractivity contribution in [1.82, 2.24) is 0 Å². The third-order valence-corrected chi connectivity index (χ3v) is 4.90. The molecule has 1 amide bonds. The van der Waals surface area contributed by atoms with E-state index in [-0.39, 0.29) is 17.9 Å². The maximum Gasteiger partial charge on any atom is 0.331 e. The van der Waals surface area contributed by atoms with Crippen molar-refractivity contribution in [3.8, 4) is 6.07 Å². The average molecular weight is 408 g/mol. The third kappa shape index (κ3) is 4.53. The van der Waals surface area contributed by atoms with E-state index in [0.29, 0.717) is 34.0 Å². The van der Waals surface area contributed by atoms with Crippen LogP contribution in [0.2, 0.25) is 5.02 Å². The number of anilines is 1. The lowest BCUT2D eigenvalue weighted by Gasteiger charge is -2.15. The molecule has 1 N–H and O–H groups in total. The van der Waals surface area contributed by atoms with Crippen molar-refractivity contribution in [2.75, 3.05) is 5.01 Å². The highest BCUT2D eigenvalue weighted by Gasteiger charge is 2.37. The van der Waals surface area contributed by atoms with Gasteiger partial charge in [0.05, 0.1) is 28.9 Å². The molecule has 7 heteroatoms. The van der Waals surface area contributed by atoms with Gasteiger partial charge in [0.1, 0.15) is 0 Å². The first kappa shape index (κ1) is 20.3. The molecule has 0 fully saturated rings. The monoisotopic (exact) mass is 407 g/mol. The fourth-order valence-electron chi connectivity index (χ4n) is 3.11. The molecule has 29 heavy (non-hydrogen) atoms. The molecule has 0 saturated carbocycles. The number of hydrogen-bond donors (Lipinski definition) is 1. The highest BCUT2D eigenvalue weighted by atomic mass is 35.5. The van der Waals surface area contributed by atoms with Gasteiger partial charge in [-0.3, -0.25) is 4.79 Å². The Morgan fingerprint density at radius 1 is 1.24 bits per heavy atom. The maximum absolute atomic E-state index is 13.0. The minimum atomic E-state index is -1.09. The van der Waals surface area contributed by atoms with E-state index in [1.54, 1.807) is 48.5 Å². The molecule has 6 nitrogen and oxygen atoms in total. The highest BCUT2D eigenvalue weighted by Crippen LogP contribution is 2.30. The third-order valence-electron chi connectivity index (χ3n) is 4.65. The molecule has 146 valence electrons. The van der Waals surface area contributed by atoms with Gasteiger partial charge in [0, 0.05) is 10.6 Å². The molecule has 1 unspecified atom stereocenters. The lowest BCUT2D eigenvalue weighted by Crippen LogP contribution is -2.28. The lowest BCUT2D eigenvalue weighted by molar-refractivity contribution is -0.132. The quantitative estimate of drug-likeness (QED) is 0.713. The van der Waals surface area contributed by atoms with Crippen molar-refractivity contribution in [3.05, 3.63) is 70.3 Å². The molecule has 0 aromatic heterocycles. The summed E-state index contributed by atoms with van der Waals surface area (Å²) in [4.78, 5) is 24.8. The Hall–Kier alpha value is -3.43. The number of rotatable bonds is 6. The largest absolute Gasteiger partial charge is 0.478 e. The smallest absolute Gasteiger partial charge is 0.331 e. The van der Waals surface area contributed by atoms with Crippen LogP contribution in [0.15, 0.2) is 59.2 Å². The molecule has 1 aliphatic rings. The summed E-state index contributed by atoms with van der Waals surface area (Å²) in [6, 6.07) is 15.3. The summed E-state index contributed by atoms with van der Waals surface area (Å²) in [6.07, 6.45) is 2.09. The van der Waals surface area contributed by atoms with Crippen molar-refractivity contribution >= 4 is 41.0 Å². The number of nitrogens with zero attached hydrogens (tertiary/aromatic N) is 3. The number of carbonyl (C=O) groups excluding carboxylic acids is 1. The zero-order chi connectivity index (χ0) is 21.0. The lowest BCUT2D eigenvalue weighted by atomic mass is 9.92. The van der Waals surface area contributed by atoms with Crippen LogP contribution < -0.4 is 5.01 Å². The summed E-state index contributed by atoms with van der Waals surface area (Å²) in [5.74, 6) is -2.00. The SMILES string of the molecule is CCC1=NN(c2ccc(Cl)cc2)C(=O)C1C/C(=C/c1ccc(C#N)cc1)C(=O)O. The standard InChI is InChI=1S/C22H18ClN3O3/c1-2-20-19(21(27)26(25-20)18-9-7-17(23)8-10-18)12-16(22(28)29)11-14-3-5-15(13-24)6-4-14/h3-11,19H,2,12H2,1H3,(H,28,29)/b16-11-. The number of carbonyl (C=O) groups is 2. The molecular formula is C22H18ClN3O3. The van der Waals surface area contributed by atoms with Gasteiger partial charge in [-0.2, -0.15) is 10.4 Å². The predicted molar refractivity (Wildman–Crippen MR) is 112 cm³/mol. The summed E-state index contributed by atoms with van der Waals surface area (Å²) < 4.78 is 0. The molecule has 1 aliphatic heterocycles. The molecule has 1 atom stereocenters. The predicted octanol–water partition coefficient (Wildman–Crippen LogP) is 4.50. The van der Waals surface area contributed by atoms with Gasteiger partial charge in [0.25, 0.3) is 5.91 Å². The number of carboxylic acids is 1. The van der Waals surface area contributed by atoms with Crippen LogP contribution in [0, 0.1) is 17.2 Å². The molecule has 3 rings (SSSR count). The first-order chi connectivity index (χ1) is 13.9. The average Bonchev–Trinajstić information content (AvgIpc) is 3.04. The molecule has 1 heterocycles. The van der Waals surface area contributed by atoms with Crippen molar-refractivity contribution in [2.24, 2.45) is 11.0 Å². The van der Waals surface area contributed by atoms with Crippen molar-refractivity contribution in [3.63, 3.8) is 0 Å². The summed E-state index contributed by atoms with van der Waals surface area (Å²) in [5.41, 5.74) is 2.46. The fraction of sp³-hybridized carbons (Fsp3) is 0.182. The molecular weight excluding hydrogens is 390 g/mol. The van der Waals surface area contributed by atoms with Gasteiger partial charge in [-0.15, -0.1) is 0 Å². The number of hydrogen-bond acceptors (Lipinski definition) is 4. The van der Waals surface area contributed by atoms with Crippen LogP contribution in [-0.2, 0) is 9.59 Å². The topological polar surface area (TPSA) is 93.8 Å². The van der Waals surface area contributed by atoms with Crippen LogP contribution >= 0.6 is 11.6 Å². The van der Waals surface area contributed by atoms with Gasteiger partial charge < -0.3 is 5.11 Å². The van der Waals surface area contributed by atoms with Gasteiger partial charge in [0.2, 0.25) is 0 Å². The number of nitriles is 1. The summed E-state index contributed by atoms with van der Waals surface area (Å²) in [6.45, 7) is 1.88. The van der Waals surface area contributed by atoms with Crippen LogP contribution in [0.25, 0.3) is 6.08 Å². The van der Waals surface area contributed by atoms with E-state index in [1.807, 2.05) is 13.0 Å². The Morgan fingerprint density at radius 2 is 1.90 bits per heavy atom. The second-order valence-electron chi connectivity index (χ2n) is 6.54. The van der Waals surface area contributed by atoms with Gasteiger partial charge in [-0.05, 0) is 60.9 Å². The normalized spacial score (nSPS) is 16.5. The molecule has 0 bridgehead atoms. The molecule has 0 radical (unpaired) electrons. The van der Waals surface area contributed by atoms with Gasteiger partial charge >= 0.3 is 5.97 Å². The van der Waals surface area contributed by atoms with E-state index in [4.69, 9.17) is 16.9 Å². The number of carboxylic acid groups (broad SMARTS) is 1. The maximum atomic E-state index is 13.0. The van der Waals surface area contributed by atoms with E-state index in [0.717, 1.165) is 0 Å². The summed E-state index contributed by atoms with van der Waals surface area (Å²) in [5, 5.41) is 24.8. The van der Waals surface area contributed by atoms with Crippen LogP contribution in [0.4, 0.5) is 5.69 Å². The fourth-order valence-corrected chi connectivity index (χ4v) is 3.24. The number of halogens is 1. The molecule has 0 aliphatic carbocycles.